The predicted molar refractivity (Wildman–Crippen MR) is 78.2 cm³/mol. The number of nitrogens with zero attached hydrogens (tertiary/aromatic N) is 1. The van der Waals surface area contributed by atoms with E-state index >= 15 is 0 Å². The molecule has 7 heteroatoms. The molecule has 0 aliphatic rings. The van der Waals surface area contributed by atoms with Crippen molar-refractivity contribution in [1.82, 2.24) is 14.9 Å². The zero-order valence-electron chi connectivity index (χ0n) is 11.1. The lowest BCUT2D eigenvalue weighted by Gasteiger charge is -2.15. The van der Waals surface area contributed by atoms with Crippen molar-refractivity contribution in [3.05, 3.63) is 48.4 Å². The number of carbonyl (C=O) groups is 1. The Morgan fingerprint density at radius 3 is 2.81 bits per heavy atom. The standard InChI is InChI=1S/C14H13N3O3S/c1-15-14(18)11-6-9-7-16-8-12(9)17(11)10-4-2-3-5-13(10)21(19)20/h2-8,16H,1H3,(H,15,18)(H,19,20)/p-1. The molecule has 108 valence electrons. The summed E-state index contributed by atoms with van der Waals surface area (Å²) in [6, 6.07) is 8.27. The summed E-state index contributed by atoms with van der Waals surface area (Å²) in [5.41, 5.74) is 1.57. The van der Waals surface area contributed by atoms with Gasteiger partial charge in [0.05, 0.1) is 11.2 Å². The van der Waals surface area contributed by atoms with Crippen LogP contribution in [0.5, 0.6) is 0 Å². The Balaban J connectivity index is 2.36. The topological polar surface area (TPSA) is 90.0 Å². The molecule has 0 saturated heterocycles. The number of aromatic nitrogens is 2. The summed E-state index contributed by atoms with van der Waals surface area (Å²) in [6.45, 7) is 0. The predicted octanol–water partition coefficient (Wildman–Crippen LogP) is 1.56. The molecule has 1 unspecified atom stereocenters. The van der Waals surface area contributed by atoms with E-state index in [9.17, 15) is 13.6 Å². The molecule has 0 aliphatic carbocycles. The van der Waals surface area contributed by atoms with Crippen molar-refractivity contribution in [2.75, 3.05) is 7.05 Å². The number of hydrogen-bond donors (Lipinski definition) is 2. The molecule has 3 aromatic rings. The summed E-state index contributed by atoms with van der Waals surface area (Å²) in [5, 5.41) is 3.40. The maximum absolute atomic E-state index is 12.1. The highest BCUT2D eigenvalue weighted by Crippen LogP contribution is 2.27. The van der Waals surface area contributed by atoms with Gasteiger partial charge < -0.3 is 19.4 Å². The molecule has 1 aromatic carbocycles. The Morgan fingerprint density at radius 2 is 2.10 bits per heavy atom. The van der Waals surface area contributed by atoms with E-state index in [-0.39, 0.29) is 10.8 Å². The molecule has 1 amide bonds. The molecule has 0 radical (unpaired) electrons. The first-order chi connectivity index (χ1) is 10.1. The van der Waals surface area contributed by atoms with Crippen LogP contribution in [-0.4, -0.2) is 31.3 Å². The Hall–Kier alpha value is -2.38. The number of rotatable bonds is 3. The fourth-order valence-electron chi connectivity index (χ4n) is 2.36. The van der Waals surface area contributed by atoms with E-state index in [0.29, 0.717) is 11.4 Å². The number of aromatic amines is 1. The summed E-state index contributed by atoms with van der Waals surface area (Å²) in [6.07, 6.45) is 3.49. The molecule has 2 N–H and O–H groups in total. The Bertz CT molecular complexity index is 850. The lowest BCUT2D eigenvalue weighted by Crippen LogP contribution is -2.21. The van der Waals surface area contributed by atoms with E-state index in [1.165, 1.54) is 13.1 Å². The van der Waals surface area contributed by atoms with Gasteiger partial charge in [-0.2, -0.15) is 0 Å². The second-order valence-corrected chi connectivity index (χ2v) is 5.35. The molecule has 1 atom stereocenters. The number of benzene rings is 1. The molecule has 0 fully saturated rings. The van der Waals surface area contributed by atoms with Crippen molar-refractivity contribution in [3.63, 3.8) is 0 Å². The van der Waals surface area contributed by atoms with Gasteiger partial charge >= 0.3 is 0 Å². The lowest BCUT2D eigenvalue weighted by atomic mass is 10.3. The van der Waals surface area contributed by atoms with Crippen molar-refractivity contribution in [2.24, 2.45) is 0 Å². The Labute approximate surface area is 123 Å². The van der Waals surface area contributed by atoms with Crippen LogP contribution in [-0.2, 0) is 11.1 Å². The third-order valence-corrected chi connectivity index (χ3v) is 3.98. The van der Waals surface area contributed by atoms with Gasteiger partial charge in [0.1, 0.15) is 5.69 Å². The van der Waals surface area contributed by atoms with Gasteiger partial charge in [0, 0.05) is 29.7 Å². The molecule has 2 heterocycles. The SMILES string of the molecule is CNC(=O)c1cc2c[nH]cc2n1-c1ccccc1S(=O)[O-]. The minimum atomic E-state index is -2.39. The van der Waals surface area contributed by atoms with Gasteiger partial charge in [0.15, 0.2) is 0 Å². The van der Waals surface area contributed by atoms with Gasteiger partial charge in [-0.25, -0.2) is 0 Å². The van der Waals surface area contributed by atoms with E-state index in [0.717, 1.165) is 10.9 Å². The van der Waals surface area contributed by atoms with Crippen LogP contribution in [0.4, 0.5) is 0 Å². The molecule has 0 bridgehead atoms. The van der Waals surface area contributed by atoms with E-state index in [1.807, 2.05) is 0 Å². The quantitative estimate of drug-likeness (QED) is 0.719. The van der Waals surface area contributed by atoms with Crippen LogP contribution in [0.1, 0.15) is 10.5 Å². The number of carbonyl (C=O) groups excluding carboxylic acids is 1. The molecule has 6 nitrogen and oxygen atoms in total. The zero-order chi connectivity index (χ0) is 15.0. The molecule has 3 rings (SSSR count). The number of fused-ring (bicyclic) bond motifs is 1. The molecular formula is C14H12N3O3S-. The molecule has 2 aromatic heterocycles. The molecule has 0 saturated carbocycles. The third kappa shape index (κ3) is 2.16. The molecular weight excluding hydrogens is 290 g/mol. The zero-order valence-corrected chi connectivity index (χ0v) is 11.9. The van der Waals surface area contributed by atoms with Crippen LogP contribution in [0.25, 0.3) is 16.6 Å². The Morgan fingerprint density at radius 1 is 1.33 bits per heavy atom. The number of amides is 1. The first-order valence-electron chi connectivity index (χ1n) is 6.22. The average Bonchev–Trinajstić information content (AvgIpc) is 3.06. The minimum absolute atomic E-state index is 0.140. The number of hydrogen-bond acceptors (Lipinski definition) is 3. The van der Waals surface area contributed by atoms with Crippen molar-refractivity contribution >= 4 is 27.9 Å². The van der Waals surface area contributed by atoms with Gasteiger partial charge in [0.2, 0.25) is 0 Å². The maximum atomic E-state index is 12.1. The summed E-state index contributed by atoms with van der Waals surface area (Å²) >= 11 is -2.39. The van der Waals surface area contributed by atoms with E-state index in [4.69, 9.17) is 0 Å². The maximum Gasteiger partial charge on any atom is 0.268 e. The van der Waals surface area contributed by atoms with Crippen LogP contribution in [0, 0.1) is 0 Å². The fourth-order valence-corrected chi connectivity index (χ4v) is 2.88. The van der Waals surface area contributed by atoms with Gasteiger partial charge in [-0.3, -0.25) is 9.00 Å². The van der Waals surface area contributed by atoms with Crippen LogP contribution < -0.4 is 5.32 Å². The second-order valence-electron chi connectivity index (χ2n) is 4.44. The Kier molecular flexibility index (Phi) is 3.36. The summed E-state index contributed by atoms with van der Waals surface area (Å²) in [7, 11) is 1.54. The first-order valence-corrected chi connectivity index (χ1v) is 7.30. The molecule has 21 heavy (non-hydrogen) atoms. The summed E-state index contributed by atoms with van der Waals surface area (Å²) < 4.78 is 24.5. The molecule has 0 spiro atoms. The highest BCUT2D eigenvalue weighted by atomic mass is 32.2. The van der Waals surface area contributed by atoms with Gasteiger partial charge in [0.25, 0.3) is 5.91 Å². The number of H-pyrrole nitrogens is 1. The van der Waals surface area contributed by atoms with Crippen LogP contribution in [0.2, 0.25) is 0 Å². The average molecular weight is 302 g/mol. The number of nitrogens with one attached hydrogen (secondary N) is 2. The van der Waals surface area contributed by atoms with Gasteiger partial charge in [-0.1, -0.05) is 12.1 Å². The normalized spacial score (nSPS) is 12.5. The first kappa shape index (κ1) is 13.6. The second kappa shape index (κ2) is 5.19. The monoisotopic (exact) mass is 302 g/mol. The highest BCUT2D eigenvalue weighted by molar-refractivity contribution is 7.79. The highest BCUT2D eigenvalue weighted by Gasteiger charge is 2.18. The lowest BCUT2D eigenvalue weighted by molar-refractivity contribution is 0.0956. The van der Waals surface area contributed by atoms with Crippen LogP contribution in [0.15, 0.2) is 47.6 Å². The van der Waals surface area contributed by atoms with Gasteiger partial charge in [-0.15, -0.1) is 0 Å². The fraction of sp³-hybridized carbons (Fsp3) is 0.0714. The van der Waals surface area contributed by atoms with Gasteiger partial charge in [-0.05, 0) is 29.3 Å². The smallest absolute Gasteiger partial charge is 0.268 e. The van der Waals surface area contributed by atoms with E-state index < -0.39 is 11.1 Å². The van der Waals surface area contributed by atoms with E-state index in [1.54, 1.807) is 41.2 Å². The van der Waals surface area contributed by atoms with Crippen LogP contribution in [0.3, 0.4) is 0 Å². The van der Waals surface area contributed by atoms with Crippen molar-refractivity contribution < 1.29 is 13.6 Å². The summed E-state index contributed by atoms with van der Waals surface area (Å²) in [5.74, 6) is -0.280. The van der Waals surface area contributed by atoms with Crippen LogP contribution >= 0.6 is 0 Å². The largest absolute Gasteiger partial charge is 0.768 e. The number of para-hydroxylation sites is 1. The summed E-state index contributed by atoms with van der Waals surface area (Å²) in [4.78, 5) is 15.2. The molecule has 0 aliphatic heterocycles. The minimum Gasteiger partial charge on any atom is -0.768 e. The van der Waals surface area contributed by atoms with Crippen molar-refractivity contribution in [3.8, 4) is 5.69 Å². The van der Waals surface area contributed by atoms with E-state index in [2.05, 4.69) is 10.3 Å². The van der Waals surface area contributed by atoms with Crippen molar-refractivity contribution in [1.29, 1.82) is 0 Å². The van der Waals surface area contributed by atoms with Crippen molar-refractivity contribution in [2.45, 2.75) is 4.90 Å². The third-order valence-electron chi connectivity index (χ3n) is 3.27.